The molecule has 1 aliphatic rings. The van der Waals surface area contributed by atoms with Crippen LogP contribution >= 0.6 is 0 Å². The van der Waals surface area contributed by atoms with Gasteiger partial charge in [-0.2, -0.15) is 0 Å². The average molecular weight is 283 g/mol. The lowest BCUT2D eigenvalue weighted by Crippen LogP contribution is -2.35. The Bertz CT molecular complexity index is 556. The van der Waals surface area contributed by atoms with Gasteiger partial charge in [-0.25, -0.2) is 12.8 Å². The Morgan fingerprint density at radius 3 is 2.84 bits per heavy atom. The number of benzene rings is 1. The van der Waals surface area contributed by atoms with Gasteiger partial charge in [-0.15, -0.1) is 6.58 Å². The molecule has 5 heteroatoms. The first kappa shape index (κ1) is 14.2. The summed E-state index contributed by atoms with van der Waals surface area (Å²) in [7, 11) is -2.91. The van der Waals surface area contributed by atoms with Crippen molar-refractivity contribution in [3.63, 3.8) is 0 Å². The van der Waals surface area contributed by atoms with Gasteiger partial charge < -0.3 is 0 Å². The van der Waals surface area contributed by atoms with E-state index in [1.54, 1.807) is 12.1 Å². The van der Waals surface area contributed by atoms with Crippen LogP contribution in [0.3, 0.4) is 0 Å². The van der Waals surface area contributed by atoms with Gasteiger partial charge in [-0.05, 0) is 24.1 Å². The number of halogens is 1. The standard InChI is InChI=1S/C14H18FNO2S/c1-2-7-16(14-6-8-19(17,18)11-14)10-12-4-3-5-13(15)9-12/h2-5,9,14H,1,6-8,10-11H2/t14-/m0/s1. The van der Waals surface area contributed by atoms with Gasteiger partial charge in [-0.3, -0.25) is 4.90 Å². The van der Waals surface area contributed by atoms with E-state index in [9.17, 15) is 12.8 Å². The molecule has 19 heavy (non-hydrogen) atoms. The second-order valence-electron chi connectivity index (χ2n) is 4.90. The predicted molar refractivity (Wildman–Crippen MR) is 74.1 cm³/mol. The molecule has 3 nitrogen and oxygen atoms in total. The van der Waals surface area contributed by atoms with Crippen molar-refractivity contribution < 1.29 is 12.8 Å². The fourth-order valence-electron chi connectivity index (χ4n) is 2.44. The zero-order chi connectivity index (χ0) is 13.9. The highest BCUT2D eigenvalue weighted by atomic mass is 32.2. The van der Waals surface area contributed by atoms with Gasteiger partial charge >= 0.3 is 0 Å². The third-order valence-electron chi connectivity index (χ3n) is 3.36. The Labute approximate surface area is 113 Å². The molecule has 0 saturated carbocycles. The summed E-state index contributed by atoms with van der Waals surface area (Å²) in [5, 5.41) is 0. The first-order valence-electron chi connectivity index (χ1n) is 6.30. The topological polar surface area (TPSA) is 37.4 Å². The largest absolute Gasteiger partial charge is 0.291 e. The van der Waals surface area contributed by atoms with Gasteiger partial charge in [0.1, 0.15) is 5.82 Å². The summed E-state index contributed by atoms with van der Waals surface area (Å²) in [5.41, 5.74) is 0.853. The van der Waals surface area contributed by atoms with Crippen molar-refractivity contribution in [2.24, 2.45) is 0 Å². The molecule has 1 atom stereocenters. The zero-order valence-electron chi connectivity index (χ0n) is 10.8. The van der Waals surface area contributed by atoms with Gasteiger partial charge in [0.25, 0.3) is 0 Å². The van der Waals surface area contributed by atoms with Crippen LogP contribution in [0.1, 0.15) is 12.0 Å². The molecule has 1 aliphatic heterocycles. The van der Waals surface area contributed by atoms with E-state index in [1.165, 1.54) is 12.1 Å². The lowest BCUT2D eigenvalue weighted by atomic mass is 10.1. The molecule has 1 heterocycles. The minimum Gasteiger partial charge on any atom is -0.291 e. The molecule has 0 amide bonds. The van der Waals surface area contributed by atoms with Crippen LogP contribution in [0.5, 0.6) is 0 Å². The Kier molecular flexibility index (Phi) is 4.37. The van der Waals surface area contributed by atoms with E-state index in [4.69, 9.17) is 0 Å². The molecule has 0 radical (unpaired) electrons. The van der Waals surface area contributed by atoms with Crippen molar-refractivity contribution in [2.75, 3.05) is 18.1 Å². The van der Waals surface area contributed by atoms with Crippen molar-refractivity contribution in [3.8, 4) is 0 Å². The summed E-state index contributed by atoms with van der Waals surface area (Å²) < 4.78 is 36.3. The maximum Gasteiger partial charge on any atom is 0.151 e. The third kappa shape index (κ3) is 3.88. The summed E-state index contributed by atoms with van der Waals surface area (Å²) in [5.74, 6) is 0.167. The smallest absolute Gasteiger partial charge is 0.151 e. The molecular formula is C14H18FNO2S. The highest BCUT2D eigenvalue weighted by molar-refractivity contribution is 7.91. The molecule has 0 aromatic heterocycles. The highest BCUT2D eigenvalue weighted by Gasteiger charge is 2.31. The van der Waals surface area contributed by atoms with Crippen LogP contribution < -0.4 is 0 Å². The van der Waals surface area contributed by atoms with E-state index < -0.39 is 9.84 Å². The Morgan fingerprint density at radius 1 is 1.47 bits per heavy atom. The monoisotopic (exact) mass is 283 g/mol. The second kappa shape index (κ2) is 5.84. The molecule has 104 valence electrons. The quantitative estimate of drug-likeness (QED) is 0.776. The molecule has 1 fully saturated rings. The fraction of sp³-hybridized carbons (Fsp3) is 0.429. The molecule has 1 aromatic carbocycles. The van der Waals surface area contributed by atoms with E-state index in [0.29, 0.717) is 19.5 Å². The summed E-state index contributed by atoms with van der Waals surface area (Å²) in [4.78, 5) is 2.05. The molecule has 0 unspecified atom stereocenters. The molecule has 0 bridgehead atoms. The lowest BCUT2D eigenvalue weighted by Gasteiger charge is -2.26. The average Bonchev–Trinajstić information content (AvgIpc) is 2.69. The van der Waals surface area contributed by atoms with Crippen LogP contribution in [-0.2, 0) is 16.4 Å². The van der Waals surface area contributed by atoms with E-state index in [0.717, 1.165) is 5.56 Å². The Morgan fingerprint density at radius 2 is 2.26 bits per heavy atom. The Balaban J connectivity index is 2.10. The third-order valence-corrected chi connectivity index (χ3v) is 5.11. The molecule has 0 aliphatic carbocycles. The van der Waals surface area contributed by atoms with Crippen LogP contribution in [0.25, 0.3) is 0 Å². The summed E-state index contributed by atoms with van der Waals surface area (Å²) in [6.45, 7) is 4.86. The van der Waals surface area contributed by atoms with Gasteiger partial charge in [-0.1, -0.05) is 18.2 Å². The summed E-state index contributed by atoms with van der Waals surface area (Å²) in [6, 6.07) is 6.41. The minimum atomic E-state index is -2.91. The van der Waals surface area contributed by atoms with E-state index in [2.05, 4.69) is 6.58 Å². The number of sulfone groups is 1. The van der Waals surface area contributed by atoms with Gasteiger partial charge in [0.2, 0.25) is 0 Å². The van der Waals surface area contributed by atoms with Crippen LogP contribution in [0, 0.1) is 5.82 Å². The molecular weight excluding hydrogens is 265 g/mol. The first-order valence-corrected chi connectivity index (χ1v) is 8.12. The molecule has 0 N–H and O–H groups in total. The zero-order valence-corrected chi connectivity index (χ0v) is 11.6. The number of nitrogens with zero attached hydrogens (tertiary/aromatic N) is 1. The van der Waals surface area contributed by atoms with Crippen molar-refractivity contribution in [1.29, 1.82) is 0 Å². The summed E-state index contributed by atoms with van der Waals surface area (Å²) in [6.07, 6.45) is 2.40. The first-order chi connectivity index (χ1) is 9.00. The van der Waals surface area contributed by atoms with E-state index in [1.807, 2.05) is 11.0 Å². The van der Waals surface area contributed by atoms with Gasteiger partial charge in [0, 0.05) is 19.1 Å². The minimum absolute atomic E-state index is 0.00580. The molecule has 1 aromatic rings. The highest BCUT2D eigenvalue weighted by Crippen LogP contribution is 2.20. The number of rotatable bonds is 5. The van der Waals surface area contributed by atoms with Crippen molar-refractivity contribution in [2.45, 2.75) is 19.0 Å². The van der Waals surface area contributed by atoms with Crippen LogP contribution in [0.15, 0.2) is 36.9 Å². The predicted octanol–water partition coefficient (Wildman–Crippen LogP) is 2.00. The Hall–Kier alpha value is -1.20. The molecule has 2 rings (SSSR count). The van der Waals surface area contributed by atoms with Crippen molar-refractivity contribution in [3.05, 3.63) is 48.3 Å². The number of hydrogen-bond acceptors (Lipinski definition) is 3. The van der Waals surface area contributed by atoms with Crippen LogP contribution in [0.4, 0.5) is 4.39 Å². The van der Waals surface area contributed by atoms with Crippen LogP contribution in [-0.4, -0.2) is 37.4 Å². The van der Waals surface area contributed by atoms with E-state index in [-0.39, 0.29) is 23.4 Å². The van der Waals surface area contributed by atoms with Crippen molar-refractivity contribution in [1.82, 2.24) is 4.90 Å². The van der Waals surface area contributed by atoms with Gasteiger partial charge in [0.15, 0.2) is 9.84 Å². The van der Waals surface area contributed by atoms with E-state index >= 15 is 0 Å². The maximum atomic E-state index is 13.2. The molecule has 0 spiro atoms. The fourth-order valence-corrected chi connectivity index (χ4v) is 4.20. The number of hydrogen-bond donors (Lipinski definition) is 0. The normalized spacial score (nSPS) is 21.7. The molecule has 1 saturated heterocycles. The summed E-state index contributed by atoms with van der Waals surface area (Å²) >= 11 is 0. The van der Waals surface area contributed by atoms with Crippen LogP contribution in [0.2, 0.25) is 0 Å². The lowest BCUT2D eigenvalue weighted by molar-refractivity contribution is 0.226. The SMILES string of the molecule is C=CCN(Cc1cccc(F)c1)[C@H]1CCS(=O)(=O)C1. The second-order valence-corrected chi connectivity index (χ2v) is 7.13. The van der Waals surface area contributed by atoms with Crippen molar-refractivity contribution >= 4 is 9.84 Å². The maximum absolute atomic E-state index is 13.2. The van der Waals surface area contributed by atoms with Gasteiger partial charge in [0.05, 0.1) is 11.5 Å².